The predicted octanol–water partition coefficient (Wildman–Crippen LogP) is 25.9. The lowest BCUT2D eigenvalue weighted by Crippen LogP contribution is -2.11. The predicted molar refractivity (Wildman–Crippen MR) is 479 cm³/mol. The molecule has 0 fully saturated rings. The molecule has 0 saturated carbocycles. The van der Waals surface area contributed by atoms with Crippen molar-refractivity contribution >= 4 is 43.6 Å². The van der Waals surface area contributed by atoms with Crippen molar-refractivity contribution in [1.82, 2.24) is 68.9 Å². The first-order valence-electron chi connectivity index (χ1n) is 40.3. The van der Waals surface area contributed by atoms with Crippen LogP contribution >= 0.6 is 0 Å². The molecule has 0 atom stereocenters. The van der Waals surface area contributed by atoms with Crippen molar-refractivity contribution in [2.24, 2.45) is 0 Å². The van der Waals surface area contributed by atoms with Gasteiger partial charge in [0.05, 0.1) is 56.2 Å². The van der Waals surface area contributed by atoms with Crippen molar-refractivity contribution < 1.29 is 26.3 Å². The molecule has 6 aromatic heterocycles. The quantitative estimate of drug-likeness (QED) is 0.0832. The Bertz CT molecular complexity index is 7220. The number of nitriles is 1. The highest BCUT2D eigenvalue weighted by Crippen LogP contribution is 2.48. The first kappa shape index (κ1) is 76.4. The first-order valence-corrected chi connectivity index (χ1v) is 40.3. The van der Waals surface area contributed by atoms with Gasteiger partial charge in [-0.05, 0) is 132 Å². The lowest BCUT2D eigenvalue weighted by Gasteiger charge is -2.21. The normalized spacial score (nSPS) is 11.7. The molecule has 21 rings (SSSR count). The summed E-state index contributed by atoms with van der Waals surface area (Å²) in [5, 5.41) is 14.0. The van der Waals surface area contributed by atoms with Crippen LogP contribution < -0.4 is 0 Å². The van der Waals surface area contributed by atoms with Gasteiger partial charge in [0, 0.05) is 99.4 Å². The van der Waals surface area contributed by atoms with E-state index in [1.165, 1.54) is 6.07 Å². The summed E-state index contributed by atoms with van der Waals surface area (Å²) < 4.78 is 95.9. The summed E-state index contributed by atoms with van der Waals surface area (Å²) in [7, 11) is 0. The Morgan fingerprint density at radius 2 is 0.413 bits per heavy atom. The Hall–Kier alpha value is -17.0. The molecule has 15 nitrogen and oxygen atoms in total. The second-order valence-electron chi connectivity index (χ2n) is 30.1. The van der Waals surface area contributed by atoms with E-state index in [0.29, 0.717) is 153 Å². The summed E-state index contributed by atoms with van der Waals surface area (Å²) in [6.45, 7) is 0. The number of aromatic nitrogens is 14. The van der Waals surface area contributed by atoms with E-state index in [2.05, 4.69) is 6.07 Å². The minimum atomic E-state index is -5.21. The van der Waals surface area contributed by atoms with E-state index < -0.39 is 23.5 Å². The SMILES string of the molecule is N#Cc1ccc(-n2c3ccc(-c4nc(-c5ccccc5)nc(-c5ccccc5)n4)cc3c3cc(-c4nc(-c5ccccc5)nc(-c5ccccc5)n4)ccc32)c(-c2cc(-c3cc(C(F)(F)F)cc(C(F)(F)F)c3)ccc2-n2c3ccc(-c4nc(-c5ccccc5)nc(-c5ccccc5)n4)cc3c3cc(-c4nc(-c5ccccc5)nc(-c5ccccc5)n4)ccc32)c1. The van der Waals surface area contributed by atoms with Crippen molar-refractivity contribution in [3.63, 3.8) is 0 Å². The lowest BCUT2D eigenvalue weighted by atomic mass is 9.93. The molecule has 21 heteroatoms. The Balaban J connectivity index is 0.842. The van der Waals surface area contributed by atoms with Gasteiger partial charge in [-0.25, -0.2) is 59.8 Å². The molecule has 0 N–H and O–H groups in total. The number of halogens is 6. The zero-order chi connectivity index (χ0) is 85.2. The van der Waals surface area contributed by atoms with Gasteiger partial charge in [-0.1, -0.05) is 249 Å². The van der Waals surface area contributed by atoms with E-state index in [1.54, 1.807) is 30.3 Å². The number of hydrogen-bond donors (Lipinski definition) is 0. The number of benzene rings is 15. The molecular weight excluding hydrogens is 1590 g/mol. The molecule has 0 amide bonds. The molecule has 0 aliphatic carbocycles. The highest BCUT2D eigenvalue weighted by Gasteiger charge is 2.38. The average Bonchev–Trinajstić information content (AvgIpc) is 1.56. The van der Waals surface area contributed by atoms with Gasteiger partial charge >= 0.3 is 12.4 Å². The van der Waals surface area contributed by atoms with E-state index in [-0.39, 0.29) is 28.3 Å². The van der Waals surface area contributed by atoms with Gasteiger partial charge in [0.25, 0.3) is 0 Å². The Morgan fingerprint density at radius 1 is 0.198 bits per heavy atom. The van der Waals surface area contributed by atoms with E-state index in [9.17, 15) is 5.26 Å². The number of hydrogen-bond acceptors (Lipinski definition) is 13. The minimum absolute atomic E-state index is 0.0127. The van der Waals surface area contributed by atoms with Crippen molar-refractivity contribution in [2.75, 3.05) is 0 Å². The second kappa shape index (κ2) is 31.5. The smallest absolute Gasteiger partial charge is 0.309 e. The van der Waals surface area contributed by atoms with Gasteiger partial charge in [0.1, 0.15) is 0 Å². The summed E-state index contributed by atoms with van der Waals surface area (Å²) in [5.41, 5.74) is 9.11. The molecular formula is C105H61F6N15. The third-order valence-corrected chi connectivity index (χ3v) is 22.2. The Labute approximate surface area is 715 Å². The van der Waals surface area contributed by atoms with Crippen molar-refractivity contribution in [2.45, 2.75) is 12.4 Å². The number of fused-ring (bicyclic) bond motifs is 6. The zero-order valence-corrected chi connectivity index (χ0v) is 66.2. The van der Waals surface area contributed by atoms with E-state index in [1.807, 2.05) is 325 Å². The largest absolute Gasteiger partial charge is 0.416 e. The van der Waals surface area contributed by atoms with Crippen LogP contribution in [0.1, 0.15) is 16.7 Å². The van der Waals surface area contributed by atoms with Gasteiger partial charge in [-0.3, -0.25) is 0 Å². The van der Waals surface area contributed by atoms with Gasteiger partial charge in [-0.2, -0.15) is 31.6 Å². The topological polar surface area (TPSA) is 188 Å². The van der Waals surface area contributed by atoms with Crippen molar-refractivity contribution in [3.8, 4) is 176 Å². The van der Waals surface area contributed by atoms with Crippen LogP contribution in [0.5, 0.6) is 0 Å². The Morgan fingerprint density at radius 3 is 0.643 bits per heavy atom. The standard InChI is InChI=1S/C105H61F6N15/c106-104(107,108)78-54-77(55-79(61-78)105(109,110)111)72-42-48-87(126-90-51-45-75(102-121-96(68-33-17-5-18-34-68)115-97(122-102)69-35-19-6-20-36-69)59-84(90)85-60-76(46-52-91(85)126)103-123-98(70-37-21-7-22-38-70)116-99(124-103)71-39-23-8-24-40-71)81(56-72)80-53-63(62-112)41-47-86(80)125-88-49-43-73(100-117-92(64-25-9-1-10-26-64)113-93(118-100)65-27-11-2-12-28-65)57-82(88)83-58-74(44-50-89(83)125)101-119-94(66-29-13-3-14-30-66)114-95(120-101)67-31-15-4-16-32-67/h1-61H. The number of nitrogens with zero attached hydrogens (tertiary/aromatic N) is 15. The van der Waals surface area contributed by atoms with Crippen molar-refractivity contribution in [3.05, 3.63) is 387 Å². The molecule has 0 radical (unpaired) electrons. The minimum Gasteiger partial charge on any atom is -0.309 e. The molecule has 6 heterocycles. The van der Waals surface area contributed by atoms with Gasteiger partial charge < -0.3 is 9.13 Å². The van der Waals surface area contributed by atoms with E-state index >= 15 is 26.3 Å². The van der Waals surface area contributed by atoms with Crippen LogP contribution in [0.25, 0.3) is 214 Å². The molecule has 0 unspecified atom stereocenters. The van der Waals surface area contributed by atoms with Crippen molar-refractivity contribution in [1.29, 1.82) is 5.26 Å². The second-order valence-corrected chi connectivity index (χ2v) is 30.1. The van der Waals surface area contributed by atoms with E-state index in [0.717, 1.165) is 56.6 Å². The van der Waals surface area contributed by atoms with Gasteiger partial charge in [0.2, 0.25) is 0 Å². The summed E-state index contributed by atoms with van der Waals surface area (Å²) in [4.78, 5) is 61.5. The average molecular weight is 1650 g/mol. The summed E-state index contributed by atoms with van der Waals surface area (Å²) >= 11 is 0. The fraction of sp³-hybridized carbons (Fsp3) is 0.0190. The maximum Gasteiger partial charge on any atom is 0.416 e. The maximum absolute atomic E-state index is 15.3. The fourth-order valence-electron chi connectivity index (χ4n) is 16.1. The highest BCUT2D eigenvalue weighted by molar-refractivity contribution is 6.14. The van der Waals surface area contributed by atoms with Crippen LogP contribution in [0.2, 0.25) is 0 Å². The molecule has 598 valence electrons. The third-order valence-electron chi connectivity index (χ3n) is 22.2. The molecule has 0 aliphatic rings. The summed E-state index contributed by atoms with van der Waals surface area (Å²) in [6.07, 6.45) is -10.4. The molecule has 0 spiro atoms. The highest BCUT2D eigenvalue weighted by atomic mass is 19.4. The zero-order valence-electron chi connectivity index (χ0n) is 66.2. The van der Waals surface area contributed by atoms with Crippen LogP contribution in [0, 0.1) is 11.3 Å². The van der Waals surface area contributed by atoms with Crippen LogP contribution in [0.4, 0.5) is 26.3 Å². The monoisotopic (exact) mass is 1650 g/mol. The first-order chi connectivity index (χ1) is 61.6. The maximum atomic E-state index is 15.3. The molecule has 0 bridgehead atoms. The lowest BCUT2D eigenvalue weighted by molar-refractivity contribution is -0.143. The van der Waals surface area contributed by atoms with Crippen LogP contribution in [-0.4, -0.2) is 68.9 Å². The number of rotatable bonds is 16. The molecule has 15 aromatic carbocycles. The Kier molecular flexibility index (Phi) is 19.1. The third kappa shape index (κ3) is 14.6. The molecule has 21 aromatic rings. The molecule has 126 heavy (non-hydrogen) atoms. The summed E-state index contributed by atoms with van der Waals surface area (Å²) in [5.74, 6) is 4.82. The van der Waals surface area contributed by atoms with Gasteiger partial charge in [-0.15, -0.1) is 0 Å². The van der Waals surface area contributed by atoms with Crippen LogP contribution in [-0.2, 0) is 12.4 Å². The number of alkyl halides is 6. The summed E-state index contributed by atoms with van der Waals surface area (Å²) in [6, 6.07) is 114. The fourth-order valence-corrected chi connectivity index (χ4v) is 16.1. The van der Waals surface area contributed by atoms with Crippen LogP contribution in [0.3, 0.4) is 0 Å². The van der Waals surface area contributed by atoms with E-state index in [4.69, 9.17) is 59.8 Å². The molecule has 0 aliphatic heterocycles. The van der Waals surface area contributed by atoms with Crippen LogP contribution in [0.15, 0.2) is 370 Å². The van der Waals surface area contributed by atoms with Gasteiger partial charge in [0.15, 0.2) is 69.9 Å². The molecule has 0 saturated heterocycles.